The minimum absolute atomic E-state index is 0.140. The molecule has 0 spiro atoms. The summed E-state index contributed by atoms with van der Waals surface area (Å²) in [6.45, 7) is 5.54. The highest BCUT2D eigenvalue weighted by atomic mass is 32.2. The molecule has 2 aliphatic heterocycles. The number of sulfone groups is 1. The third-order valence-electron chi connectivity index (χ3n) is 5.25. The maximum Gasteiger partial charge on any atom is 0.222 e. The predicted molar refractivity (Wildman–Crippen MR) is 101 cm³/mol. The summed E-state index contributed by atoms with van der Waals surface area (Å²) in [6, 6.07) is 8.05. The van der Waals surface area contributed by atoms with E-state index in [4.69, 9.17) is 4.74 Å². The van der Waals surface area contributed by atoms with Crippen LogP contribution in [0.1, 0.15) is 25.3 Å². The van der Waals surface area contributed by atoms with Crippen LogP contribution in [0.2, 0.25) is 0 Å². The zero-order valence-electron chi connectivity index (χ0n) is 15.4. The number of piperazine rings is 1. The zero-order valence-corrected chi connectivity index (χ0v) is 16.2. The van der Waals surface area contributed by atoms with Crippen molar-refractivity contribution in [2.24, 2.45) is 0 Å². The second kappa shape index (κ2) is 8.39. The van der Waals surface area contributed by atoms with Gasteiger partial charge in [0.1, 0.15) is 5.75 Å². The molecule has 1 unspecified atom stereocenters. The van der Waals surface area contributed by atoms with Gasteiger partial charge < -0.3 is 9.64 Å². The van der Waals surface area contributed by atoms with E-state index in [1.807, 2.05) is 36.1 Å². The van der Waals surface area contributed by atoms with E-state index < -0.39 is 9.84 Å². The van der Waals surface area contributed by atoms with Gasteiger partial charge in [0.2, 0.25) is 5.91 Å². The van der Waals surface area contributed by atoms with Gasteiger partial charge in [-0.25, -0.2) is 8.42 Å². The van der Waals surface area contributed by atoms with Gasteiger partial charge in [-0.15, -0.1) is 0 Å². The summed E-state index contributed by atoms with van der Waals surface area (Å²) in [4.78, 5) is 16.6. The van der Waals surface area contributed by atoms with Crippen molar-refractivity contribution < 1.29 is 17.9 Å². The van der Waals surface area contributed by atoms with Crippen molar-refractivity contribution in [1.29, 1.82) is 0 Å². The summed E-state index contributed by atoms with van der Waals surface area (Å²) in [5.41, 5.74) is 1.14. The summed E-state index contributed by atoms with van der Waals surface area (Å²) in [7, 11) is -2.85. The van der Waals surface area contributed by atoms with Crippen LogP contribution in [0.15, 0.2) is 24.3 Å². The van der Waals surface area contributed by atoms with Crippen molar-refractivity contribution in [2.45, 2.75) is 32.2 Å². The molecule has 1 aromatic carbocycles. The molecule has 1 atom stereocenters. The Morgan fingerprint density at radius 2 is 1.85 bits per heavy atom. The maximum atomic E-state index is 12.5. The maximum absolute atomic E-state index is 12.5. The fourth-order valence-electron chi connectivity index (χ4n) is 3.73. The number of aryl methyl sites for hydroxylation is 1. The number of hydrogen-bond acceptors (Lipinski definition) is 5. The van der Waals surface area contributed by atoms with Crippen LogP contribution in [-0.2, 0) is 21.1 Å². The van der Waals surface area contributed by atoms with Crippen LogP contribution in [0.25, 0.3) is 0 Å². The predicted octanol–water partition coefficient (Wildman–Crippen LogP) is 1.35. The van der Waals surface area contributed by atoms with Gasteiger partial charge in [-0.1, -0.05) is 12.1 Å². The quantitative estimate of drug-likeness (QED) is 0.745. The van der Waals surface area contributed by atoms with Crippen molar-refractivity contribution in [3.63, 3.8) is 0 Å². The average Bonchev–Trinajstić information content (AvgIpc) is 3.01. The van der Waals surface area contributed by atoms with E-state index in [9.17, 15) is 13.2 Å². The molecular weight excluding hydrogens is 352 g/mol. The lowest BCUT2D eigenvalue weighted by Crippen LogP contribution is -2.52. The number of carbonyl (C=O) groups excluding carboxylic acids is 1. The molecule has 1 amide bonds. The highest BCUT2D eigenvalue weighted by molar-refractivity contribution is 7.91. The first-order chi connectivity index (χ1) is 12.5. The van der Waals surface area contributed by atoms with E-state index in [-0.39, 0.29) is 17.7 Å². The summed E-state index contributed by atoms with van der Waals surface area (Å²) in [5, 5.41) is 0. The third kappa shape index (κ3) is 4.98. The lowest BCUT2D eigenvalue weighted by molar-refractivity contribution is -0.133. The molecule has 3 rings (SSSR count). The van der Waals surface area contributed by atoms with E-state index in [1.165, 1.54) is 0 Å². The standard InChI is InChI=1S/C19H28N2O4S/c1-2-25-18-6-3-16(4-7-18)5-8-19(22)21-12-10-20(11-13-21)17-9-14-26(23,24)15-17/h3-4,6-7,17H,2,5,8-15H2,1H3. The van der Waals surface area contributed by atoms with Crippen molar-refractivity contribution >= 4 is 15.7 Å². The first-order valence-corrected chi connectivity index (χ1v) is 11.2. The molecule has 144 valence electrons. The van der Waals surface area contributed by atoms with E-state index in [1.54, 1.807) is 0 Å². The minimum Gasteiger partial charge on any atom is -0.494 e. The molecule has 2 heterocycles. The minimum atomic E-state index is -2.85. The van der Waals surface area contributed by atoms with Crippen LogP contribution in [0, 0.1) is 0 Å². The lowest BCUT2D eigenvalue weighted by Gasteiger charge is -2.37. The fourth-order valence-corrected chi connectivity index (χ4v) is 5.49. The average molecular weight is 381 g/mol. The second-order valence-corrected chi connectivity index (χ2v) is 9.28. The Morgan fingerprint density at radius 1 is 1.15 bits per heavy atom. The molecule has 2 saturated heterocycles. The monoisotopic (exact) mass is 380 g/mol. The summed E-state index contributed by atoms with van der Waals surface area (Å²) >= 11 is 0. The number of carbonyl (C=O) groups is 1. The zero-order chi connectivity index (χ0) is 18.6. The van der Waals surface area contributed by atoms with Gasteiger partial charge in [0.25, 0.3) is 0 Å². The molecule has 0 aromatic heterocycles. The molecule has 1 aromatic rings. The Labute approximate surface area is 156 Å². The van der Waals surface area contributed by atoms with Crippen LogP contribution < -0.4 is 4.74 Å². The number of nitrogens with zero attached hydrogens (tertiary/aromatic N) is 2. The Hall–Kier alpha value is -1.60. The normalized spacial score (nSPS) is 23.1. The van der Waals surface area contributed by atoms with E-state index >= 15 is 0 Å². The highest BCUT2D eigenvalue weighted by Crippen LogP contribution is 2.20. The number of ether oxygens (including phenoxy) is 1. The second-order valence-electron chi connectivity index (χ2n) is 7.05. The highest BCUT2D eigenvalue weighted by Gasteiger charge is 2.34. The molecule has 0 saturated carbocycles. The molecule has 2 aliphatic rings. The van der Waals surface area contributed by atoms with Crippen molar-refractivity contribution in [3.8, 4) is 5.75 Å². The molecule has 2 fully saturated rings. The van der Waals surface area contributed by atoms with Crippen molar-refractivity contribution in [1.82, 2.24) is 9.80 Å². The van der Waals surface area contributed by atoms with Crippen LogP contribution >= 0.6 is 0 Å². The Balaban J connectivity index is 1.42. The Kier molecular flexibility index (Phi) is 6.19. The van der Waals surface area contributed by atoms with Crippen LogP contribution in [0.5, 0.6) is 5.75 Å². The first kappa shape index (κ1) is 19.2. The van der Waals surface area contributed by atoms with Gasteiger partial charge in [-0.2, -0.15) is 0 Å². The molecule has 6 nitrogen and oxygen atoms in total. The number of hydrogen-bond donors (Lipinski definition) is 0. The molecule has 7 heteroatoms. The van der Waals surface area contributed by atoms with Gasteiger partial charge in [0, 0.05) is 38.6 Å². The van der Waals surface area contributed by atoms with Gasteiger partial charge in [-0.05, 0) is 37.5 Å². The third-order valence-corrected chi connectivity index (χ3v) is 7.00. The Morgan fingerprint density at radius 3 is 2.42 bits per heavy atom. The molecule has 0 radical (unpaired) electrons. The van der Waals surface area contributed by atoms with E-state index in [2.05, 4.69) is 4.90 Å². The summed E-state index contributed by atoms with van der Waals surface area (Å²) in [5.74, 6) is 1.61. The summed E-state index contributed by atoms with van der Waals surface area (Å²) in [6.07, 6.45) is 1.96. The topological polar surface area (TPSA) is 66.9 Å². The van der Waals surface area contributed by atoms with Crippen molar-refractivity contribution in [2.75, 3.05) is 44.3 Å². The van der Waals surface area contributed by atoms with E-state index in [0.29, 0.717) is 31.9 Å². The number of amides is 1. The van der Waals surface area contributed by atoms with Crippen LogP contribution in [0.4, 0.5) is 0 Å². The van der Waals surface area contributed by atoms with Gasteiger partial charge in [0.15, 0.2) is 9.84 Å². The molecular formula is C19H28N2O4S. The summed E-state index contributed by atoms with van der Waals surface area (Å²) < 4.78 is 28.7. The smallest absolute Gasteiger partial charge is 0.222 e. The Bertz CT molecular complexity index is 710. The van der Waals surface area contributed by atoms with Crippen molar-refractivity contribution in [3.05, 3.63) is 29.8 Å². The lowest BCUT2D eigenvalue weighted by atomic mass is 10.1. The fraction of sp³-hybridized carbons (Fsp3) is 0.632. The largest absolute Gasteiger partial charge is 0.494 e. The molecule has 0 N–H and O–H groups in total. The number of benzene rings is 1. The van der Waals surface area contributed by atoms with Crippen LogP contribution in [-0.4, -0.2) is 74.5 Å². The number of rotatable bonds is 6. The molecule has 26 heavy (non-hydrogen) atoms. The van der Waals surface area contributed by atoms with Crippen LogP contribution in [0.3, 0.4) is 0 Å². The van der Waals surface area contributed by atoms with E-state index in [0.717, 1.165) is 37.2 Å². The molecule has 0 bridgehead atoms. The first-order valence-electron chi connectivity index (χ1n) is 9.41. The molecule has 0 aliphatic carbocycles. The van der Waals surface area contributed by atoms with Gasteiger partial charge >= 0.3 is 0 Å². The SMILES string of the molecule is CCOc1ccc(CCC(=O)N2CCN(C3CCS(=O)(=O)C3)CC2)cc1. The van der Waals surface area contributed by atoms with Gasteiger partial charge in [-0.3, -0.25) is 9.69 Å². The van der Waals surface area contributed by atoms with Gasteiger partial charge in [0.05, 0.1) is 18.1 Å².